The number of anilines is 1. The van der Waals surface area contributed by atoms with Gasteiger partial charge in [-0.25, -0.2) is 4.98 Å². The summed E-state index contributed by atoms with van der Waals surface area (Å²) in [7, 11) is 1.47. The quantitative estimate of drug-likeness (QED) is 0.645. The number of alkyl halides is 3. The van der Waals surface area contributed by atoms with E-state index < -0.39 is 22.9 Å². The van der Waals surface area contributed by atoms with Gasteiger partial charge in [0.25, 0.3) is 5.91 Å². The number of pyridine rings is 1. The van der Waals surface area contributed by atoms with E-state index in [2.05, 4.69) is 15.6 Å². The Hall–Kier alpha value is -2.39. The second-order valence-corrected chi connectivity index (χ2v) is 5.66. The smallest absolute Gasteiger partial charge is 0.367 e. The van der Waals surface area contributed by atoms with Crippen molar-refractivity contribution in [1.82, 2.24) is 10.3 Å². The Bertz CT molecular complexity index is 628. The van der Waals surface area contributed by atoms with E-state index in [-0.39, 0.29) is 48.8 Å². The molecule has 24 heavy (non-hydrogen) atoms. The van der Waals surface area contributed by atoms with Crippen LogP contribution in [0, 0.1) is 16.0 Å². The lowest BCUT2D eigenvalue weighted by molar-refractivity contribution is -0.384. The highest BCUT2D eigenvalue weighted by atomic mass is 19.4. The lowest BCUT2D eigenvalue weighted by Crippen LogP contribution is -2.40. The topological polar surface area (TPSA) is 97.2 Å². The summed E-state index contributed by atoms with van der Waals surface area (Å²) in [4.78, 5) is 26.3. The first-order valence-corrected chi connectivity index (χ1v) is 7.42. The Kier molecular flexibility index (Phi) is 5.25. The third-order valence-corrected chi connectivity index (χ3v) is 4.09. The van der Waals surface area contributed by atoms with Crippen molar-refractivity contribution in [3.63, 3.8) is 0 Å². The first-order chi connectivity index (χ1) is 11.2. The maximum Gasteiger partial charge on any atom is 0.391 e. The Labute approximate surface area is 135 Å². The fourth-order valence-corrected chi connectivity index (χ4v) is 2.74. The molecule has 0 atom stereocenters. The van der Waals surface area contributed by atoms with Crippen LogP contribution >= 0.6 is 0 Å². The van der Waals surface area contributed by atoms with Crippen LogP contribution in [0.3, 0.4) is 0 Å². The summed E-state index contributed by atoms with van der Waals surface area (Å²) in [5, 5.41) is 16.1. The number of nitrogens with one attached hydrogen (secondary N) is 2. The van der Waals surface area contributed by atoms with E-state index in [0.717, 1.165) is 6.07 Å². The summed E-state index contributed by atoms with van der Waals surface area (Å²) < 4.78 is 37.9. The van der Waals surface area contributed by atoms with E-state index in [1.807, 2.05) is 0 Å². The summed E-state index contributed by atoms with van der Waals surface area (Å²) in [6.07, 6.45) is -2.64. The molecule has 1 aromatic rings. The Balaban J connectivity index is 2.01. The summed E-state index contributed by atoms with van der Waals surface area (Å²) in [6, 6.07) is 0.717. The highest BCUT2D eigenvalue weighted by molar-refractivity contribution is 5.95. The van der Waals surface area contributed by atoms with Gasteiger partial charge < -0.3 is 10.6 Å². The summed E-state index contributed by atoms with van der Waals surface area (Å²) in [6.45, 7) is 0. The molecule has 10 heteroatoms. The standard InChI is InChI=1S/C14H17F3N4O3/c1-18-12-11(21(23)24)6-8(7-19-12)13(22)20-10-4-2-9(3-5-10)14(15,16)17/h6-7,9-10H,2-5H2,1H3,(H,18,19)(H,20,22). The molecular weight excluding hydrogens is 329 g/mol. The molecular formula is C14H17F3N4O3. The normalized spacial score (nSPS) is 21.2. The van der Waals surface area contributed by atoms with Gasteiger partial charge in [-0.1, -0.05) is 0 Å². The van der Waals surface area contributed by atoms with Gasteiger partial charge in [-0.3, -0.25) is 14.9 Å². The lowest BCUT2D eigenvalue weighted by atomic mass is 9.85. The highest BCUT2D eigenvalue weighted by Gasteiger charge is 2.41. The Morgan fingerprint density at radius 1 is 1.33 bits per heavy atom. The van der Waals surface area contributed by atoms with Gasteiger partial charge in [0.05, 0.1) is 16.4 Å². The number of amides is 1. The molecule has 0 unspecified atom stereocenters. The first kappa shape index (κ1) is 18.0. The fraction of sp³-hybridized carbons (Fsp3) is 0.571. The molecule has 1 heterocycles. The second kappa shape index (κ2) is 7.02. The van der Waals surface area contributed by atoms with Crippen molar-refractivity contribution in [1.29, 1.82) is 0 Å². The van der Waals surface area contributed by atoms with Gasteiger partial charge in [-0.2, -0.15) is 13.2 Å². The molecule has 1 aliphatic rings. The van der Waals surface area contributed by atoms with Crippen LogP contribution in [0.15, 0.2) is 12.3 Å². The van der Waals surface area contributed by atoms with Gasteiger partial charge in [-0.05, 0) is 25.7 Å². The SMILES string of the molecule is CNc1ncc(C(=O)NC2CCC(C(F)(F)F)CC2)cc1[N+](=O)[O-]. The van der Waals surface area contributed by atoms with Crippen molar-refractivity contribution < 1.29 is 22.9 Å². The number of nitrogens with zero attached hydrogens (tertiary/aromatic N) is 2. The van der Waals surface area contributed by atoms with E-state index in [1.54, 1.807) is 0 Å². The van der Waals surface area contributed by atoms with E-state index >= 15 is 0 Å². The molecule has 1 aliphatic carbocycles. The van der Waals surface area contributed by atoms with Gasteiger partial charge in [0.1, 0.15) is 0 Å². The monoisotopic (exact) mass is 346 g/mol. The molecule has 1 amide bonds. The van der Waals surface area contributed by atoms with Crippen molar-refractivity contribution >= 4 is 17.4 Å². The van der Waals surface area contributed by atoms with Crippen LogP contribution in [0.2, 0.25) is 0 Å². The lowest BCUT2D eigenvalue weighted by Gasteiger charge is -2.30. The number of aromatic nitrogens is 1. The minimum Gasteiger partial charge on any atom is -0.367 e. The number of carbonyl (C=O) groups excluding carboxylic acids is 1. The van der Waals surface area contributed by atoms with Crippen molar-refractivity contribution in [3.8, 4) is 0 Å². The summed E-state index contributed by atoms with van der Waals surface area (Å²) in [5.74, 6) is -1.88. The van der Waals surface area contributed by atoms with Crippen LogP contribution in [0.25, 0.3) is 0 Å². The highest BCUT2D eigenvalue weighted by Crippen LogP contribution is 2.37. The maximum absolute atomic E-state index is 12.6. The predicted octanol–water partition coefficient (Wildman–Crippen LogP) is 2.88. The van der Waals surface area contributed by atoms with Gasteiger partial charge in [0, 0.05) is 25.4 Å². The third kappa shape index (κ3) is 4.12. The predicted molar refractivity (Wildman–Crippen MR) is 79.7 cm³/mol. The number of halogens is 3. The minimum atomic E-state index is -4.21. The van der Waals surface area contributed by atoms with Crippen LogP contribution in [-0.4, -0.2) is 35.1 Å². The number of hydrogen-bond donors (Lipinski definition) is 2. The van der Waals surface area contributed by atoms with E-state index in [4.69, 9.17) is 0 Å². The molecule has 7 nitrogen and oxygen atoms in total. The largest absolute Gasteiger partial charge is 0.391 e. The van der Waals surface area contributed by atoms with Crippen molar-refractivity contribution in [3.05, 3.63) is 27.9 Å². The maximum atomic E-state index is 12.6. The summed E-state index contributed by atoms with van der Waals surface area (Å²) in [5.41, 5.74) is -0.343. The van der Waals surface area contributed by atoms with Gasteiger partial charge >= 0.3 is 11.9 Å². The molecule has 0 aliphatic heterocycles. The Morgan fingerprint density at radius 2 is 1.96 bits per heavy atom. The molecule has 0 bridgehead atoms. The molecule has 132 valence electrons. The van der Waals surface area contributed by atoms with Gasteiger partial charge in [0.15, 0.2) is 0 Å². The molecule has 0 spiro atoms. The van der Waals surface area contributed by atoms with E-state index in [0.29, 0.717) is 0 Å². The molecule has 0 radical (unpaired) electrons. The van der Waals surface area contributed by atoms with Crippen LogP contribution in [-0.2, 0) is 0 Å². The Morgan fingerprint density at radius 3 is 2.46 bits per heavy atom. The van der Waals surface area contributed by atoms with E-state index in [1.165, 1.54) is 13.2 Å². The third-order valence-electron chi connectivity index (χ3n) is 4.09. The van der Waals surface area contributed by atoms with Gasteiger partial charge in [-0.15, -0.1) is 0 Å². The first-order valence-electron chi connectivity index (χ1n) is 7.42. The van der Waals surface area contributed by atoms with Crippen molar-refractivity contribution in [2.24, 2.45) is 5.92 Å². The molecule has 2 rings (SSSR count). The molecule has 0 saturated heterocycles. The molecule has 0 aromatic carbocycles. The number of hydrogen-bond acceptors (Lipinski definition) is 5. The average Bonchev–Trinajstić information content (AvgIpc) is 2.53. The average molecular weight is 346 g/mol. The van der Waals surface area contributed by atoms with E-state index in [9.17, 15) is 28.1 Å². The molecule has 1 aromatic heterocycles. The van der Waals surface area contributed by atoms with Crippen molar-refractivity contribution in [2.45, 2.75) is 37.9 Å². The number of carbonyl (C=O) groups is 1. The summed E-state index contributed by atoms with van der Waals surface area (Å²) >= 11 is 0. The van der Waals surface area contributed by atoms with Crippen LogP contribution in [0.4, 0.5) is 24.7 Å². The molecule has 1 fully saturated rings. The number of rotatable bonds is 4. The zero-order chi connectivity index (χ0) is 17.9. The number of nitro groups is 1. The minimum absolute atomic E-state index is 0.00125. The fourth-order valence-electron chi connectivity index (χ4n) is 2.74. The zero-order valence-corrected chi connectivity index (χ0v) is 12.9. The van der Waals surface area contributed by atoms with Crippen molar-refractivity contribution in [2.75, 3.05) is 12.4 Å². The molecule has 2 N–H and O–H groups in total. The van der Waals surface area contributed by atoms with Crippen LogP contribution < -0.4 is 10.6 Å². The second-order valence-electron chi connectivity index (χ2n) is 5.66. The van der Waals surface area contributed by atoms with Gasteiger partial charge in [0.2, 0.25) is 5.82 Å². The van der Waals surface area contributed by atoms with Crippen LogP contribution in [0.1, 0.15) is 36.0 Å². The molecule has 1 saturated carbocycles. The zero-order valence-electron chi connectivity index (χ0n) is 12.9. The van der Waals surface area contributed by atoms with Crippen LogP contribution in [0.5, 0.6) is 0 Å².